The number of hydrogen-bond donors (Lipinski definition) is 1. The Morgan fingerprint density at radius 2 is 2.27 bits per heavy atom. The summed E-state index contributed by atoms with van der Waals surface area (Å²) in [6, 6.07) is 5.82. The van der Waals surface area contributed by atoms with E-state index in [2.05, 4.69) is 34.2 Å². The molecular weight excluding hydrogens is 273 g/mol. The van der Waals surface area contributed by atoms with Crippen LogP contribution in [0, 0.1) is 0 Å². The van der Waals surface area contributed by atoms with Gasteiger partial charge in [0.15, 0.2) is 0 Å². The molecule has 0 spiro atoms. The molecule has 1 rings (SSSR count). The molecule has 0 bridgehead atoms. The molecule has 1 aromatic rings. The first-order valence-electron chi connectivity index (χ1n) is 4.96. The molecular formula is C12H15BrClN. The van der Waals surface area contributed by atoms with Gasteiger partial charge in [-0.25, -0.2) is 0 Å². The van der Waals surface area contributed by atoms with Crippen molar-refractivity contribution in [3.8, 4) is 0 Å². The first-order chi connectivity index (χ1) is 7.17. The summed E-state index contributed by atoms with van der Waals surface area (Å²) in [6.07, 6.45) is 3.21. The molecule has 0 aliphatic rings. The number of likely N-dealkylation sites (N-methyl/N-ethyl adjacent to an activating group) is 1. The Bertz CT molecular complexity index is 361. The highest BCUT2D eigenvalue weighted by atomic mass is 79.9. The van der Waals surface area contributed by atoms with Gasteiger partial charge in [0.25, 0.3) is 0 Å². The van der Waals surface area contributed by atoms with E-state index in [1.165, 1.54) is 5.57 Å². The maximum absolute atomic E-state index is 5.95. The van der Waals surface area contributed by atoms with Crippen LogP contribution in [0.4, 0.5) is 0 Å². The lowest BCUT2D eigenvalue weighted by Crippen LogP contribution is -2.09. The third-order valence-electron chi connectivity index (χ3n) is 2.18. The molecule has 82 valence electrons. The second-order valence-corrected chi connectivity index (χ2v) is 4.64. The van der Waals surface area contributed by atoms with Gasteiger partial charge in [0.05, 0.1) is 0 Å². The Labute approximate surface area is 105 Å². The molecule has 0 aliphatic heterocycles. The largest absolute Gasteiger partial charge is 0.316 e. The summed E-state index contributed by atoms with van der Waals surface area (Å²) in [5.41, 5.74) is 2.50. The maximum Gasteiger partial charge on any atom is 0.0412 e. The van der Waals surface area contributed by atoms with Crippen molar-refractivity contribution in [2.24, 2.45) is 0 Å². The minimum absolute atomic E-state index is 0.768. The Kier molecular flexibility index (Phi) is 5.37. The van der Waals surface area contributed by atoms with Gasteiger partial charge in [-0.05, 0) is 37.2 Å². The molecule has 1 N–H and O–H groups in total. The zero-order chi connectivity index (χ0) is 11.3. The van der Waals surface area contributed by atoms with Crippen LogP contribution in [0.2, 0.25) is 5.02 Å². The van der Waals surface area contributed by atoms with Gasteiger partial charge in [-0.15, -0.1) is 0 Å². The fourth-order valence-electron chi connectivity index (χ4n) is 1.35. The Morgan fingerprint density at radius 1 is 1.53 bits per heavy atom. The monoisotopic (exact) mass is 287 g/mol. The maximum atomic E-state index is 5.95. The van der Waals surface area contributed by atoms with Crippen molar-refractivity contribution in [1.82, 2.24) is 5.32 Å². The van der Waals surface area contributed by atoms with E-state index in [-0.39, 0.29) is 0 Å². The summed E-state index contributed by atoms with van der Waals surface area (Å²) in [5, 5.41) is 3.92. The molecule has 0 unspecified atom stereocenters. The Morgan fingerprint density at radius 3 is 2.87 bits per heavy atom. The van der Waals surface area contributed by atoms with Gasteiger partial charge in [0.1, 0.15) is 0 Å². The minimum atomic E-state index is 0.768. The van der Waals surface area contributed by atoms with Crippen LogP contribution in [-0.2, 0) is 0 Å². The van der Waals surface area contributed by atoms with Gasteiger partial charge >= 0.3 is 0 Å². The normalized spacial score (nSPS) is 11.9. The molecule has 0 atom stereocenters. The van der Waals surface area contributed by atoms with E-state index in [9.17, 15) is 0 Å². The van der Waals surface area contributed by atoms with Crippen molar-refractivity contribution >= 4 is 33.6 Å². The van der Waals surface area contributed by atoms with Gasteiger partial charge in [-0.3, -0.25) is 0 Å². The predicted molar refractivity (Wildman–Crippen MR) is 71.3 cm³/mol. The SMILES string of the molecule is CCC(=Cc1cc(Cl)ccc1Br)CNC. The molecule has 0 radical (unpaired) electrons. The summed E-state index contributed by atoms with van der Waals surface area (Å²) < 4.78 is 1.08. The van der Waals surface area contributed by atoms with Gasteiger partial charge in [-0.1, -0.05) is 46.1 Å². The molecule has 0 saturated heterocycles. The highest BCUT2D eigenvalue weighted by Crippen LogP contribution is 2.23. The molecule has 1 aromatic carbocycles. The average Bonchev–Trinajstić information content (AvgIpc) is 2.22. The van der Waals surface area contributed by atoms with Crippen molar-refractivity contribution in [3.05, 3.63) is 38.8 Å². The number of nitrogens with one attached hydrogen (secondary N) is 1. The molecule has 0 heterocycles. The summed E-state index contributed by atoms with van der Waals surface area (Å²) in [6.45, 7) is 3.07. The standard InChI is InChI=1S/C12H15BrClN/c1-3-9(8-15-2)6-10-7-11(14)4-5-12(10)13/h4-7,15H,3,8H2,1-2H3. The summed E-state index contributed by atoms with van der Waals surface area (Å²) >= 11 is 9.47. The smallest absolute Gasteiger partial charge is 0.0412 e. The average molecular weight is 289 g/mol. The molecule has 15 heavy (non-hydrogen) atoms. The van der Waals surface area contributed by atoms with E-state index in [1.54, 1.807) is 0 Å². The lowest BCUT2D eigenvalue weighted by Gasteiger charge is -2.05. The first kappa shape index (κ1) is 12.8. The van der Waals surface area contributed by atoms with E-state index in [0.717, 1.165) is 28.0 Å². The molecule has 0 saturated carbocycles. The molecule has 0 amide bonds. The number of rotatable bonds is 4. The third-order valence-corrected chi connectivity index (χ3v) is 3.13. The predicted octanol–water partition coefficient (Wildman–Crippen LogP) is 4.12. The fraction of sp³-hybridized carbons (Fsp3) is 0.333. The van der Waals surface area contributed by atoms with Crippen LogP contribution in [-0.4, -0.2) is 13.6 Å². The van der Waals surface area contributed by atoms with Crippen molar-refractivity contribution in [2.45, 2.75) is 13.3 Å². The lowest BCUT2D eigenvalue weighted by molar-refractivity contribution is 0.851. The highest BCUT2D eigenvalue weighted by Gasteiger charge is 2.00. The van der Waals surface area contributed by atoms with Crippen molar-refractivity contribution < 1.29 is 0 Å². The molecule has 0 fully saturated rings. The second kappa shape index (κ2) is 6.31. The van der Waals surface area contributed by atoms with Gasteiger partial charge in [0.2, 0.25) is 0 Å². The molecule has 0 aliphatic carbocycles. The van der Waals surface area contributed by atoms with Crippen LogP contribution in [0.25, 0.3) is 6.08 Å². The van der Waals surface area contributed by atoms with Gasteiger partial charge < -0.3 is 5.32 Å². The zero-order valence-electron chi connectivity index (χ0n) is 8.98. The fourth-order valence-corrected chi connectivity index (χ4v) is 1.89. The van der Waals surface area contributed by atoms with Crippen molar-refractivity contribution in [2.75, 3.05) is 13.6 Å². The summed E-state index contributed by atoms with van der Waals surface area (Å²) in [5.74, 6) is 0. The Balaban J connectivity index is 2.99. The van der Waals surface area contributed by atoms with Crippen LogP contribution in [0.1, 0.15) is 18.9 Å². The van der Waals surface area contributed by atoms with Gasteiger partial charge in [-0.2, -0.15) is 0 Å². The quantitative estimate of drug-likeness (QED) is 0.879. The Hall–Kier alpha value is -0.310. The van der Waals surface area contributed by atoms with Gasteiger partial charge in [0, 0.05) is 16.0 Å². The van der Waals surface area contributed by atoms with Crippen molar-refractivity contribution in [1.29, 1.82) is 0 Å². The second-order valence-electron chi connectivity index (χ2n) is 3.35. The van der Waals surface area contributed by atoms with E-state index in [1.807, 2.05) is 25.2 Å². The van der Waals surface area contributed by atoms with Crippen LogP contribution >= 0.6 is 27.5 Å². The van der Waals surface area contributed by atoms with Crippen LogP contribution < -0.4 is 5.32 Å². The summed E-state index contributed by atoms with van der Waals surface area (Å²) in [4.78, 5) is 0. The lowest BCUT2D eigenvalue weighted by atomic mass is 10.1. The number of hydrogen-bond acceptors (Lipinski definition) is 1. The molecule has 0 aromatic heterocycles. The van der Waals surface area contributed by atoms with Crippen LogP contribution in [0.5, 0.6) is 0 Å². The van der Waals surface area contributed by atoms with Crippen LogP contribution in [0.15, 0.2) is 28.2 Å². The number of benzene rings is 1. The first-order valence-corrected chi connectivity index (χ1v) is 6.13. The van der Waals surface area contributed by atoms with Crippen LogP contribution in [0.3, 0.4) is 0 Å². The van der Waals surface area contributed by atoms with E-state index < -0.39 is 0 Å². The van der Waals surface area contributed by atoms with Crippen molar-refractivity contribution in [3.63, 3.8) is 0 Å². The third kappa shape index (κ3) is 3.98. The van der Waals surface area contributed by atoms with E-state index in [4.69, 9.17) is 11.6 Å². The number of halogens is 2. The topological polar surface area (TPSA) is 12.0 Å². The minimum Gasteiger partial charge on any atom is -0.316 e. The highest BCUT2D eigenvalue weighted by molar-refractivity contribution is 9.10. The molecule has 1 nitrogen and oxygen atoms in total. The zero-order valence-corrected chi connectivity index (χ0v) is 11.3. The molecule has 3 heteroatoms. The van der Waals surface area contributed by atoms with E-state index in [0.29, 0.717) is 0 Å². The summed E-state index contributed by atoms with van der Waals surface area (Å²) in [7, 11) is 1.95. The van der Waals surface area contributed by atoms with E-state index >= 15 is 0 Å².